The van der Waals surface area contributed by atoms with Crippen molar-refractivity contribution in [2.24, 2.45) is 0 Å². The molecule has 0 aromatic heterocycles. The van der Waals surface area contributed by atoms with Crippen LogP contribution in [0.2, 0.25) is 5.02 Å². The normalized spacial score (nSPS) is 16.6. The monoisotopic (exact) mass is 309 g/mol. The lowest BCUT2D eigenvalue weighted by molar-refractivity contribution is -0.134. The van der Waals surface area contributed by atoms with Crippen LogP contribution < -0.4 is 0 Å². The SMILES string of the molecule is COC(=O)/C=C1/SSC(c2ccc(Cl)cc2)=C1C#N. The number of rotatable bonds is 2. The summed E-state index contributed by atoms with van der Waals surface area (Å²) in [5, 5.41) is 9.90. The van der Waals surface area contributed by atoms with E-state index in [1.54, 1.807) is 12.1 Å². The third-order valence-corrected chi connectivity index (χ3v) is 5.09. The zero-order chi connectivity index (χ0) is 13.8. The van der Waals surface area contributed by atoms with E-state index in [9.17, 15) is 10.1 Å². The van der Waals surface area contributed by atoms with Gasteiger partial charge in [-0.15, -0.1) is 0 Å². The van der Waals surface area contributed by atoms with Crippen molar-refractivity contribution in [1.82, 2.24) is 0 Å². The number of halogens is 1. The maximum absolute atomic E-state index is 11.2. The topological polar surface area (TPSA) is 50.1 Å². The predicted octanol–water partition coefficient (Wildman–Crippen LogP) is 4.03. The summed E-state index contributed by atoms with van der Waals surface area (Å²) in [7, 11) is 4.13. The molecule has 0 bridgehead atoms. The molecule has 0 fully saturated rings. The molecule has 1 aliphatic rings. The highest BCUT2D eigenvalue weighted by Gasteiger charge is 2.24. The first-order valence-electron chi connectivity index (χ1n) is 5.20. The summed E-state index contributed by atoms with van der Waals surface area (Å²) in [5.41, 5.74) is 1.40. The summed E-state index contributed by atoms with van der Waals surface area (Å²) in [4.78, 5) is 12.7. The van der Waals surface area contributed by atoms with Gasteiger partial charge >= 0.3 is 5.97 Å². The van der Waals surface area contributed by atoms with Crippen molar-refractivity contribution in [2.45, 2.75) is 0 Å². The van der Waals surface area contributed by atoms with Crippen LogP contribution in [0.5, 0.6) is 0 Å². The number of nitriles is 1. The Morgan fingerprint density at radius 2 is 2.05 bits per heavy atom. The first-order chi connectivity index (χ1) is 9.15. The number of allylic oxidation sites excluding steroid dienone is 1. The maximum Gasteiger partial charge on any atom is 0.331 e. The van der Waals surface area contributed by atoms with Crippen LogP contribution in [-0.2, 0) is 9.53 Å². The number of hydrogen-bond acceptors (Lipinski definition) is 5. The Bertz CT molecular complexity index is 615. The molecule has 1 heterocycles. The van der Waals surface area contributed by atoms with Gasteiger partial charge in [0, 0.05) is 20.9 Å². The average molecular weight is 310 g/mol. The highest BCUT2D eigenvalue weighted by Crippen LogP contribution is 2.53. The minimum atomic E-state index is -0.465. The number of benzene rings is 1. The fourth-order valence-electron chi connectivity index (χ4n) is 1.44. The first kappa shape index (κ1) is 14.1. The Kier molecular flexibility index (Phi) is 4.59. The summed E-state index contributed by atoms with van der Waals surface area (Å²) < 4.78 is 4.57. The average Bonchev–Trinajstić information content (AvgIpc) is 2.82. The second-order valence-electron chi connectivity index (χ2n) is 3.52. The summed E-state index contributed by atoms with van der Waals surface area (Å²) in [6, 6.07) is 9.38. The standard InChI is InChI=1S/C13H8ClNO2S2/c1-17-12(16)6-11-10(7-15)13(19-18-11)8-2-4-9(14)5-3-8/h2-6H,1H3/b11-6+. The minimum absolute atomic E-state index is 0.465. The maximum atomic E-state index is 11.2. The molecule has 0 amide bonds. The lowest BCUT2D eigenvalue weighted by Gasteiger charge is -2.00. The molecular formula is C13H8ClNO2S2. The fraction of sp³-hybridized carbons (Fsp3) is 0.0769. The number of carbonyl (C=O) groups is 1. The van der Waals surface area contributed by atoms with E-state index in [1.807, 2.05) is 12.1 Å². The quantitative estimate of drug-likeness (QED) is 0.469. The molecule has 0 aliphatic carbocycles. The molecule has 0 spiro atoms. The molecule has 19 heavy (non-hydrogen) atoms. The number of esters is 1. The number of hydrogen-bond donors (Lipinski definition) is 0. The smallest absolute Gasteiger partial charge is 0.331 e. The van der Waals surface area contributed by atoms with E-state index < -0.39 is 5.97 Å². The Morgan fingerprint density at radius 1 is 1.37 bits per heavy atom. The van der Waals surface area contributed by atoms with Crippen molar-refractivity contribution in [3.8, 4) is 6.07 Å². The molecule has 0 radical (unpaired) electrons. The number of ether oxygens (including phenoxy) is 1. The van der Waals surface area contributed by atoms with Crippen LogP contribution in [-0.4, -0.2) is 13.1 Å². The van der Waals surface area contributed by atoms with Gasteiger partial charge in [-0.3, -0.25) is 0 Å². The van der Waals surface area contributed by atoms with Gasteiger partial charge in [-0.2, -0.15) is 5.26 Å². The number of carbonyl (C=O) groups excluding carboxylic acids is 1. The van der Waals surface area contributed by atoms with E-state index in [-0.39, 0.29) is 0 Å². The molecule has 6 heteroatoms. The van der Waals surface area contributed by atoms with Crippen LogP contribution in [0, 0.1) is 11.3 Å². The molecule has 1 aromatic carbocycles. The molecule has 0 saturated heterocycles. The lowest BCUT2D eigenvalue weighted by atomic mass is 10.1. The van der Waals surface area contributed by atoms with Gasteiger partial charge < -0.3 is 4.74 Å². The van der Waals surface area contributed by atoms with Gasteiger partial charge in [-0.1, -0.05) is 45.3 Å². The number of methoxy groups -OCH3 is 1. The van der Waals surface area contributed by atoms with E-state index in [0.717, 1.165) is 10.5 Å². The molecule has 0 saturated carbocycles. The van der Waals surface area contributed by atoms with Gasteiger partial charge in [-0.25, -0.2) is 4.79 Å². The zero-order valence-corrected chi connectivity index (χ0v) is 12.2. The number of nitrogens with zero attached hydrogens (tertiary/aromatic N) is 1. The molecule has 1 aliphatic heterocycles. The molecule has 3 nitrogen and oxygen atoms in total. The zero-order valence-electron chi connectivity index (χ0n) is 9.84. The summed E-state index contributed by atoms with van der Waals surface area (Å²) in [6.45, 7) is 0. The Labute approximate surface area is 123 Å². The lowest BCUT2D eigenvalue weighted by Crippen LogP contribution is -1.96. The highest BCUT2D eigenvalue weighted by molar-refractivity contribution is 8.82. The van der Waals surface area contributed by atoms with Crippen molar-refractivity contribution >= 4 is 44.1 Å². The van der Waals surface area contributed by atoms with Crippen LogP contribution in [0.1, 0.15) is 5.56 Å². The van der Waals surface area contributed by atoms with Crippen LogP contribution in [0.4, 0.5) is 0 Å². The van der Waals surface area contributed by atoms with E-state index in [0.29, 0.717) is 15.5 Å². The van der Waals surface area contributed by atoms with Gasteiger partial charge in [0.25, 0.3) is 0 Å². The molecule has 0 unspecified atom stereocenters. The second kappa shape index (κ2) is 6.20. The van der Waals surface area contributed by atoms with Gasteiger partial charge in [0.05, 0.1) is 12.7 Å². The second-order valence-corrected chi connectivity index (χ2v) is 6.14. The summed E-state index contributed by atoms with van der Waals surface area (Å²) in [6.07, 6.45) is 1.33. The summed E-state index contributed by atoms with van der Waals surface area (Å²) in [5.74, 6) is -0.465. The van der Waals surface area contributed by atoms with Crippen molar-refractivity contribution < 1.29 is 9.53 Å². The van der Waals surface area contributed by atoms with E-state index in [1.165, 1.54) is 34.8 Å². The van der Waals surface area contributed by atoms with Gasteiger partial charge in [-0.05, 0) is 17.7 Å². The van der Waals surface area contributed by atoms with Crippen LogP contribution in [0.25, 0.3) is 4.91 Å². The molecule has 1 aromatic rings. The Morgan fingerprint density at radius 3 is 2.63 bits per heavy atom. The van der Waals surface area contributed by atoms with Crippen LogP contribution in [0.3, 0.4) is 0 Å². The predicted molar refractivity (Wildman–Crippen MR) is 79.3 cm³/mol. The Balaban J connectivity index is 2.42. The van der Waals surface area contributed by atoms with Crippen molar-refractivity contribution in [3.63, 3.8) is 0 Å². The molecule has 96 valence electrons. The third-order valence-electron chi connectivity index (χ3n) is 2.36. The van der Waals surface area contributed by atoms with Crippen LogP contribution >= 0.6 is 33.2 Å². The fourth-order valence-corrected chi connectivity index (χ4v) is 4.11. The van der Waals surface area contributed by atoms with Gasteiger partial charge in [0.2, 0.25) is 0 Å². The largest absolute Gasteiger partial charge is 0.466 e. The molecule has 0 N–H and O–H groups in total. The van der Waals surface area contributed by atoms with Gasteiger partial charge in [0.15, 0.2) is 0 Å². The molecule has 0 atom stereocenters. The molecular weight excluding hydrogens is 302 g/mol. The van der Waals surface area contributed by atoms with Crippen molar-refractivity contribution in [1.29, 1.82) is 5.26 Å². The van der Waals surface area contributed by atoms with E-state index >= 15 is 0 Å². The van der Waals surface area contributed by atoms with E-state index in [4.69, 9.17) is 11.6 Å². The minimum Gasteiger partial charge on any atom is -0.466 e. The first-order valence-corrected chi connectivity index (χ1v) is 7.73. The molecule has 2 rings (SSSR count). The van der Waals surface area contributed by atoms with Crippen molar-refractivity contribution in [2.75, 3.05) is 7.11 Å². The van der Waals surface area contributed by atoms with Gasteiger partial charge in [0.1, 0.15) is 6.07 Å². The Hall–Kier alpha value is -1.35. The van der Waals surface area contributed by atoms with Crippen molar-refractivity contribution in [3.05, 3.63) is 51.4 Å². The summed E-state index contributed by atoms with van der Waals surface area (Å²) >= 11 is 5.84. The highest BCUT2D eigenvalue weighted by atomic mass is 35.5. The van der Waals surface area contributed by atoms with Crippen LogP contribution in [0.15, 0.2) is 40.8 Å². The third kappa shape index (κ3) is 3.16. The van der Waals surface area contributed by atoms with E-state index in [2.05, 4.69) is 10.8 Å².